The molecule has 2 N–H and O–H groups in total. The van der Waals surface area contributed by atoms with E-state index in [0.29, 0.717) is 10.4 Å². The fraction of sp³-hybridized carbons (Fsp3) is 0.462. The number of halogens is 3. The van der Waals surface area contributed by atoms with Gasteiger partial charge < -0.3 is 10.5 Å². The summed E-state index contributed by atoms with van der Waals surface area (Å²) in [6, 6.07) is 2.67. The van der Waals surface area contributed by atoms with Gasteiger partial charge in [0.05, 0.1) is 23.6 Å². The summed E-state index contributed by atoms with van der Waals surface area (Å²) in [5.74, 6) is -0.923. The molecular formula is C13H17F3N2O4S. The first-order chi connectivity index (χ1) is 10.5. The molecule has 1 rings (SSSR count). The molecule has 1 aromatic carbocycles. The number of nitrogens with zero attached hydrogens (tertiary/aromatic N) is 1. The van der Waals surface area contributed by atoms with E-state index < -0.39 is 39.1 Å². The zero-order chi connectivity index (χ0) is 17.8. The molecule has 10 heteroatoms. The summed E-state index contributed by atoms with van der Waals surface area (Å²) in [5, 5.41) is 0. The number of sulfonamides is 1. The molecule has 0 bridgehead atoms. The Labute approximate surface area is 132 Å². The van der Waals surface area contributed by atoms with E-state index in [1.165, 1.54) is 14.0 Å². The quantitative estimate of drug-likeness (QED) is 0.795. The van der Waals surface area contributed by atoms with Crippen LogP contribution < -0.4 is 5.73 Å². The lowest BCUT2D eigenvalue weighted by Gasteiger charge is -2.21. The van der Waals surface area contributed by atoms with Crippen molar-refractivity contribution in [1.82, 2.24) is 4.31 Å². The number of benzene rings is 1. The van der Waals surface area contributed by atoms with Crippen molar-refractivity contribution in [3.63, 3.8) is 0 Å². The largest absolute Gasteiger partial charge is 0.416 e. The van der Waals surface area contributed by atoms with Crippen LogP contribution in [0.3, 0.4) is 0 Å². The van der Waals surface area contributed by atoms with E-state index in [9.17, 15) is 26.4 Å². The summed E-state index contributed by atoms with van der Waals surface area (Å²) >= 11 is 0. The predicted molar refractivity (Wildman–Crippen MR) is 76.0 cm³/mol. The summed E-state index contributed by atoms with van der Waals surface area (Å²) in [6.45, 7) is 0.327. The Kier molecular flexibility index (Phi) is 6.14. The summed E-state index contributed by atoms with van der Waals surface area (Å²) in [7, 11) is -2.99. The maximum Gasteiger partial charge on any atom is 0.416 e. The minimum absolute atomic E-state index is 0.0372. The van der Waals surface area contributed by atoms with Crippen LogP contribution in [0.1, 0.15) is 11.1 Å². The minimum atomic E-state index is -4.68. The van der Waals surface area contributed by atoms with E-state index in [1.807, 2.05) is 0 Å². The molecule has 0 aromatic heterocycles. The molecule has 0 spiro atoms. The van der Waals surface area contributed by atoms with Gasteiger partial charge in [-0.15, -0.1) is 0 Å². The predicted octanol–water partition coefficient (Wildman–Crippen LogP) is 1.14. The summed E-state index contributed by atoms with van der Waals surface area (Å²) < 4.78 is 69.1. The van der Waals surface area contributed by atoms with Crippen molar-refractivity contribution in [3.8, 4) is 0 Å². The molecule has 0 unspecified atom stereocenters. The fourth-order valence-corrected chi connectivity index (χ4v) is 3.28. The molecule has 1 aromatic rings. The monoisotopic (exact) mass is 354 g/mol. The number of hydrogen-bond acceptors (Lipinski definition) is 4. The summed E-state index contributed by atoms with van der Waals surface area (Å²) in [4.78, 5) is 10.5. The molecule has 0 radical (unpaired) electrons. The highest BCUT2D eigenvalue weighted by Crippen LogP contribution is 2.33. The second kappa shape index (κ2) is 7.28. The van der Waals surface area contributed by atoms with Gasteiger partial charge in [0.15, 0.2) is 0 Å². The Balaban J connectivity index is 3.31. The SMILES string of the molecule is COCCN(CC(N)=O)S(=O)(=O)c1ccc(C)c(C(F)(F)F)c1. The average molecular weight is 354 g/mol. The molecule has 0 fully saturated rings. The van der Waals surface area contributed by atoms with Gasteiger partial charge in [0.25, 0.3) is 0 Å². The molecule has 130 valence electrons. The Bertz CT molecular complexity index is 674. The molecule has 0 saturated heterocycles. The van der Waals surface area contributed by atoms with E-state index in [2.05, 4.69) is 0 Å². The van der Waals surface area contributed by atoms with Crippen molar-refractivity contribution < 1.29 is 31.1 Å². The molecule has 6 nitrogen and oxygen atoms in total. The summed E-state index contributed by atoms with van der Waals surface area (Å²) in [5.41, 5.74) is 3.84. The van der Waals surface area contributed by atoms with Crippen molar-refractivity contribution in [1.29, 1.82) is 0 Å². The van der Waals surface area contributed by atoms with Gasteiger partial charge in [-0.1, -0.05) is 6.07 Å². The van der Waals surface area contributed by atoms with Gasteiger partial charge >= 0.3 is 6.18 Å². The van der Waals surface area contributed by atoms with Crippen molar-refractivity contribution >= 4 is 15.9 Å². The molecule has 0 saturated carbocycles. The molecular weight excluding hydrogens is 337 g/mol. The Hall–Kier alpha value is -1.65. The van der Waals surface area contributed by atoms with Gasteiger partial charge in [0.1, 0.15) is 0 Å². The Morgan fingerprint density at radius 3 is 2.43 bits per heavy atom. The summed E-state index contributed by atoms with van der Waals surface area (Å²) in [6.07, 6.45) is -4.68. The van der Waals surface area contributed by atoms with Gasteiger partial charge in [0, 0.05) is 13.7 Å². The number of aryl methyl sites for hydroxylation is 1. The second-order valence-electron chi connectivity index (χ2n) is 4.77. The second-order valence-corrected chi connectivity index (χ2v) is 6.71. The van der Waals surface area contributed by atoms with Crippen molar-refractivity contribution in [2.75, 3.05) is 26.8 Å². The molecule has 0 aliphatic rings. The van der Waals surface area contributed by atoms with E-state index >= 15 is 0 Å². The number of carbonyl (C=O) groups is 1. The van der Waals surface area contributed by atoms with Gasteiger partial charge in [-0.25, -0.2) is 8.42 Å². The lowest BCUT2D eigenvalue weighted by atomic mass is 10.1. The van der Waals surface area contributed by atoms with Crippen molar-refractivity contribution in [2.45, 2.75) is 18.0 Å². The van der Waals surface area contributed by atoms with Crippen molar-refractivity contribution in [3.05, 3.63) is 29.3 Å². The van der Waals surface area contributed by atoms with E-state index in [4.69, 9.17) is 10.5 Å². The maximum atomic E-state index is 12.9. The molecule has 1 amide bonds. The molecule has 0 heterocycles. The average Bonchev–Trinajstić information content (AvgIpc) is 2.41. The Morgan fingerprint density at radius 1 is 1.35 bits per heavy atom. The normalized spacial score (nSPS) is 12.6. The zero-order valence-electron chi connectivity index (χ0n) is 12.6. The van der Waals surface area contributed by atoms with E-state index in [1.54, 1.807) is 0 Å². The third-order valence-electron chi connectivity index (χ3n) is 3.03. The lowest BCUT2D eigenvalue weighted by molar-refractivity contribution is -0.138. The highest BCUT2D eigenvalue weighted by Gasteiger charge is 2.35. The van der Waals surface area contributed by atoms with Crippen LogP contribution >= 0.6 is 0 Å². The molecule has 0 atom stereocenters. The van der Waals surface area contributed by atoms with Crippen LogP contribution in [0.4, 0.5) is 13.2 Å². The lowest BCUT2D eigenvalue weighted by Crippen LogP contribution is -2.40. The van der Waals surface area contributed by atoms with Crippen LogP contribution in [0.5, 0.6) is 0 Å². The number of carbonyl (C=O) groups excluding carboxylic acids is 1. The van der Waals surface area contributed by atoms with Crippen LogP contribution in [0, 0.1) is 6.92 Å². The zero-order valence-corrected chi connectivity index (χ0v) is 13.4. The minimum Gasteiger partial charge on any atom is -0.383 e. The van der Waals surface area contributed by atoms with Gasteiger partial charge in [-0.2, -0.15) is 17.5 Å². The first-order valence-corrected chi connectivity index (χ1v) is 7.89. The third kappa shape index (κ3) is 4.91. The third-order valence-corrected chi connectivity index (χ3v) is 4.87. The van der Waals surface area contributed by atoms with Crippen LogP contribution in [-0.2, 0) is 25.7 Å². The molecule has 0 aliphatic carbocycles. The number of ether oxygens (including phenoxy) is 1. The van der Waals surface area contributed by atoms with Gasteiger partial charge in [0.2, 0.25) is 15.9 Å². The number of hydrogen-bond donors (Lipinski definition) is 1. The van der Waals surface area contributed by atoms with Crippen LogP contribution in [0.2, 0.25) is 0 Å². The standard InChI is InChI=1S/C13H17F3N2O4S/c1-9-3-4-10(7-11(9)13(14,15)16)23(20,21)18(5-6-22-2)8-12(17)19/h3-4,7H,5-6,8H2,1-2H3,(H2,17,19). The fourth-order valence-electron chi connectivity index (χ4n) is 1.87. The van der Waals surface area contributed by atoms with Gasteiger partial charge in [-0.05, 0) is 24.6 Å². The topological polar surface area (TPSA) is 89.7 Å². The smallest absolute Gasteiger partial charge is 0.383 e. The Morgan fingerprint density at radius 2 is 1.96 bits per heavy atom. The number of nitrogens with two attached hydrogens (primary N) is 1. The highest BCUT2D eigenvalue weighted by molar-refractivity contribution is 7.89. The van der Waals surface area contributed by atoms with Crippen LogP contribution in [0.25, 0.3) is 0 Å². The van der Waals surface area contributed by atoms with Crippen LogP contribution in [0.15, 0.2) is 23.1 Å². The van der Waals surface area contributed by atoms with Gasteiger partial charge in [-0.3, -0.25) is 4.79 Å². The molecule has 23 heavy (non-hydrogen) atoms. The first kappa shape index (κ1) is 19.4. The van der Waals surface area contributed by atoms with Crippen LogP contribution in [-0.4, -0.2) is 45.4 Å². The van der Waals surface area contributed by atoms with E-state index in [0.717, 1.165) is 12.1 Å². The first-order valence-electron chi connectivity index (χ1n) is 6.45. The van der Waals surface area contributed by atoms with Crippen molar-refractivity contribution in [2.24, 2.45) is 5.73 Å². The highest BCUT2D eigenvalue weighted by atomic mass is 32.2. The van der Waals surface area contributed by atoms with E-state index in [-0.39, 0.29) is 18.7 Å². The number of alkyl halides is 3. The number of primary amides is 1. The number of rotatable bonds is 7. The number of amides is 1. The maximum absolute atomic E-state index is 12.9. The number of methoxy groups -OCH3 is 1. The molecule has 0 aliphatic heterocycles.